The Kier molecular flexibility index (Phi) is 5.63. The molecule has 146 valence electrons. The molecule has 7 heteroatoms. The summed E-state index contributed by atoms with van der Waals surface area (Å²) < 4.78 is 9.74. The van der Waals surface area contributed by atoms with Gasteiger partial charge in [-0.25, -0.2) is 9.59 Å². The summed E-state index contributed by atoms with van der Waals surface area (Å²) >= 11 is 0. The number of methoxy groups -OCH3 is 2. The lowest BCUT2D eigenvalue weighted by atomic mass is 10.1. The Balaban J connectivity index is 2.13. The molecule has 0 spiro atoms. The molecular weight excluding hydrogens is 360 g/mol. The lowest BCUT2D eigenvalue weighted by molar-refractivity contribution is -0.139. The number of rotatable bonds is 4. The monoisotopic (exact) mass is 382 g/mol. The SMILES string of the molecule is COC(=O)C1=C(C(=O)OC)N(c2ccc(C)c(N3CCCC3=O)c2)C=CC=C1. The van der Waals surface area contributed by atoms with E-state index in [1.54, 1.807) is 28.2 Å². The third-order valence-corrected chi connectivity index (χ3v) is 4.72. The van der Waals surface area contributed by atoms with Gasteiger partial charge in [-0.3, -0.25) is 4.79 Å². The molecule has 1 fully saturated rings. The van der Waals surface area contributed by atoms with Gasteiger partial charge in [0.05, 0.1) is 19.8 Å². The van der Waals surface area contributed by atoms with E-state index in [1.807, 2.05) is 25.1 Å². The fourth-order valence-corrected chi connectivity index (χ4v) is 3.31. The Morgan fingerprint density at radius 3 is 2.46 bits per heavy atom. The van der Waals surface area contributed by atoms with E-state index in [4.69, 9.17) is 9.47 Å². The second-order valence-electron chi connectivity index (χ2n) is 6.44. The van der Waals surface area contributed by atoms with Gasteiger partial charge in [0.1, 0.15) is 5.70 Å². The average molecular weight is 382 g/mol. The molecule has 0 unspecified atom stereocenters. The van der Waals surface area contributed by atoms with Crippen LogP contribution in [0.3, 0.4) is 0 Å². The van der Waals surface area contributed by atoms with Crippen molar-refractivity contribution in [1.29, 1.82) is 0 Å². The van der Waals surface area contributed by atoms with E-state index in [0.717, 1.165) is 17.7 Å². The summed E-state index contributed by atoms with van der Waals surface area (Å²) in [6.07, 6.45) is 7.87. The van der Waals surface area contributed by atoms with Gasteiger partial charge in [0.2, 0.25) is 5.91 Å². The Morgan fingerprint density at radius 2 is 1.82 bits per heavy atom. The van der Waals surface area contributed by atoms with Gasteiger partial charge in [-0.2, -0.15) is 0 Å². The molecule has 1 aromatic carbocycles. The average Bonchev–Trinajstić information content (AvgIpc) is 3.00. The van der Waals surface area contributed by atoms with Crippen LogP contribution in [0.25, 0.3) is 0 Å². The van der Waals surface area contributed by atoms with Crippen LogP contribution in [0.15, 0.2) is 53.9 Å². The number of nitrogens with zero attached hydrogens (tertiary/aromatic N) is 2. The molecule has 28 heavy (non-hydrogen) atoms. The fourth-order valence-electron chi connectivity index (χ4n) is 3.31. The van der Waals surface area contributed by atoms with E-state index in [0.29, 0.717) is 18.7 Å². The molecule has 2 aliphatic rings. The number of esters is 2. The van der Waals surface area contributed by atoms with Gasteiger partial charge >= 0.3 is 11.9 Å². The first-order valence-electron chi connectivity index (χ1n) is 8.94. The summed E-state index contributed by atoms with van der Waals surface area (Å²) in [6.45, 7) is 2.59. The fraction of sp³-hybridized carbons (Fsp3) is 0.286. The molecule has 0 saturated carbocycles. The number of benzene rings is 1. The van der Waals surface area contributed by atoms with Crippen LogP contribution in [-0.4, -0.2) is 38.6 Å². The molecular formula is C21H22N2O5. The van der Waals surface area contributed by atoms with Crippen molar-refractivity contribution in [3.8, 4) is 0 Å². The van der Waals surface area contributed by atoms with Crippen molar-refractivity contribution in [1.82, 2.24) is 0 Å². The molecule has 1 saturated heterocycles. The van der Waals surface area contributed by atoms with Crippen molar-refractivity contribution in [2.24, 2.45) is 0 Å². The number of carbonyl (C=O) groups is 3. The number of allylic oxidation sites excluding steroid dienone is 2. The molecule has 1 amide bonds. The normalized spacial score (nSPS) is 16.5. The molecule has 0 bridgehead atoms. The third kappa shape index (κ3) is 3.55. The third-order valence-electron chi connectivity index (χ3n) is 4.72. The number of aryl methyl sites for hydroxylation is 1. The van der Waals surface area contributed by atoms with Crippen molar-refractivity contribution >= 4 is 29.2 Å². The molecule has 0 atom stereocenters. The standard InChI is InChI=1S/C21H22N2O5/c1-14-9-10-15(13-17(14)23-12-6-8-18(23)24)22-11-5-4-7-16(20(25)27-2)19(22)21(26)28-3/h4-5,7,9-11,13H,6,8,12H2,1-3H3. The zero-order chi connectivity index (χ0) is 20.3. The minimum absolute atomic E-state index is 0.0434. The van der Waals surface area contributed by atoms with Crippen molar-refractivity contribution < 1.29 is 23.9 Å². The summed E-state index contributed by atoms with van der Waals surface area (Å²) in [5, 5.41) is 0. The molecule has 1 aromatic rings. The van der Waals surface area contributed by atoms with Crippen molar-refractivity contribution in [2.45, 2.75) is 19.8 Å². The minimum Gasteiger partial charge on any atom is -0.465 e. The van der Waals surface area contributed by atoms with E-state index in [1.165, 1.54) is 20.3 Å². The lowest BCUT2D eigenvalue weighted by Gasteiger charge is -2.26. The summed E-state index contributed by atoms with van der Waals surface area (Å²) in [5.41, 5.74) is 2.49. The number of amides is 1. The number of carbonyl (C=O) groups excluding carboxylic acids is 3. The van der Waals surface area contributed by atoms with E-state index in [9.17, 15) is 14.4 Å². The second kappa shape index (κ2) is 8.12. The first-order chi connectivity index (χ1) is 13.5. The smallest absolute Gasteiger partial charge is 0.355 e. The van der Waals surface area contributed by atoms with E-state index in [-0.39, 0.29) is 17.2 Å². The van der Waals surface area contributed by atoms with Gasteiger partial charge in [0.15, 0.2) is 0 Å². The lowest BCUT2D eigenvalue weighted by Crippen LogP contribution is -2.28. The van der Waals surface area contributed by atoms with Gasteiger partial charge in [0, 0.05) is 30.5 Å². The van der Waals surface area contributed by atoms with E-state index in [2.05, 4.69) is 0 Å². The number of hydrogen-bond donors (Lipinski definition) is 0. The molecule has 2 heterocycles. The van der Waals surface area contributed by atoms with E-state index < -0.39 is 11.9 Å². The second-order valence-corrected chi connectivity index (χ2v) is 6.44. The molecule has 0 aliphatic carbocycles. The summed E-state index contributed by atoms with van der Waals surface area (Å²) in [5.74, 6) is -1.24. The topological polar surface area (TPSA) is 76.2 Å². The molecule has 0 radical (unpaired) electrons. The quantitative estimate of drug-likeness (QED) is 0.745. The maximum atomic E-state index is 12.5. The number of ether oxygens (including phenoxy) is 2. The Morgan fingerprint density at radius 1 is 1.07 bits per heavy atom. The molecule has 0 N–H and O–H groups in total. The van der Waals surface area contributed by atoms with Crippen LogP contribution < -0.4 is 9.80 Å². The van der Waals surface area contributed by atoms with Gasteiger partial charge in [-0.1, -0.05) is 12.1 Å². The summed E-state index contributed by atoms with van der Waals surface area (Å²) in [6, 6.07) is 5.55. The minimum atomic E-state index is -0.670. The highest BCUT2D eigenvalue weighted by molar-refractivity contribution is 6.05. The van der Waals surface area contributed by atoms with Crippen LogP contribution in [0, 0.1) is 6.92 Å². The van der Waals surface area contributed by atoms with Gasteiger partial charge < -0.3 is 19.3 Å². The van der Waals surface area contributed by atoms with Crippen molar-refractivity contribution in [2.75, 3.05) is 30.6 Å². The van der Waals surface area contributed by atoms with Crippen LogP contribution in [0.5, 0.6) is 0 Å². The Hall–Kier alpha value is -3.35. The Labute approximate surface area is 163 Å². The van der Waals surface area contributed by atoms with Crippen LogP contribution in [0.2, 0.25) is 0 Å². The maximum absolute atomic E-state index is 12.5. The summed E-state index contributed by atoms with van der Waals surface area (Å²) in [4.78, 5) is 40.3. The van der Waals surface area contributed by atoms with Gasteiger partial charge in [-0.05, 0) is 43.2 Å². The highest BCUT2D eigenvalue weighted by Gasteiger charge is 2.29. The molecule has 3 rings (SSSR count). The number of anilines is 2. The maximum Gasteiger partial charge on any atom is 0.355 e. The predicted octanol–water partition coefficient (Wildman–Crippen LogP) is 2.61. The predicted molar refractivity (Wildman–Crippen MR) is 105 cm³/mol. The van der Waals surface area contributed by atoms with Crippen LogP contribution >= 0.6 is 0 Å². The van der Waals surface area contributed by atoms with Gasteiger partial charge in [0.25, 0.3) is 0 Å². The highest BCUT2D eigenvalue weighted by Crippen LogP contribution is 2.33. The zero-order valence-electron chi connectivity index (χ0n) is 16.1. The Bertz CT molecular complexity index is 913. The molecule has 7 nitrogen and oxygen atoms in total. The summed E-state index contributed by atoms with van der Waals surface area (Å²) in [7, 11) is 2.51. The van der Waals surface area contributed by atoms with Crippen LogP contribution in [0.1, 0.15) is 18.4 Å². The molecule has 0 aromatic heterocycles. The first-order valence-corrected chi connectivity index (χ1v) is 8.94. The first kappa shape index (κ1) is 19.4. The van der Waals surface area contributed by atoms with Crippen LogP contribution in [0.4, 0.5) is 11.4 Å². The molecule has 2 aliphatic heterocycles. The van der Waals surface area contributed by atoms with Crippen LogP contribution in [-0.2, 0) is 23.9 Å². The van der Waals surface area contributed by atoms with E-state index >= 15 is 0 Å². The van der Waals surface area contributed by atoms with Gasteiger partial charge in [-0.15, -0.1) is 0 Å². The largest absolute Gasteiger partial charge is 0.465 e. The number of hydrogen-bond acceptors (Lipinski definition) is 6. The highest BCUT2D eigenvalue weighted by atomic mass is 16.5. The van der Waals surface area contributed by atoms with Crippen molar-refractivity contribution in [3.05, 3.63) is 59.5 Å². The zero-order valence-corrected chi connectivity index (χ0v) is 16.1. The van der Waals surface area contributed by atoms with Crippen molar-refractivity contribution in [3.63, 3.8) is 0 Å².